The molecule has 0 spiro atoms. The zero-order valence-corrected chi connectivity index (χ0v) is 13.4. The molecule has 0 bridgehead atoms. The van der Waals surface area contributed by atoms with Gasteiger partial charge in [-0.2, -0.15) is 0 Å². The van der Waals surface area contributed by atoms with Crippen LogP contribution in [0.25, 0.3) is 0 Å². The smallest absolute Gasteiger partial charge is 0.243 e. The summed E-state index contributed by atoms with van der Waals surface area (Å²) in [5.41, 5.74) is 0.562. The van der Waals surface area contributed by atoms with E-state index in [0.29, 0.717) is 29.6 Å². The molecule has 0 atom stereocenters. The van der Waals surface area contributed by atoms with Crippen molar-refractivity contribution in [3.63, 3.8) is 0 Å². The van der Waals surface area contributed by atoms with Gasteiger partial charge in [-0.25, -0.2) is 12.7 Å². The first-order chi connectivity index (χ1) is 8.93. The van der Waals surface area contributed by atoms with Crippen molar-refractivity contribution in [3.8, 4) is 0 Å². The number of methoxy groups -OCH3 is 1. The SMILES string of the molecule is COCCCN(C)S(=O)(=O)c1cc(CO)ccc1Br. The van der Waals surface area contributed by atoms with Crippen molar-refractivity contribution >= 4 is 26.0 Å². The summed E-state index contributed by atoms with van der Waals surface area (Å²) in [4.78, 5) is 0.166. The van der Waals surface area contributed by atoms with Crippen LogP contribution in [0.1, 0.15) is 12.0 Å². The summed E-state index contributed by atoms with van der Waals surface area (Å²) in [6, 6.07) is 4.78. The summed E-state index contributed by atoms with van der Waals surface area (Å²) in [6.45, 7) is 0.701. The third-order valence-electron chi connectivity index (χ3n) is 2.69. The van der Waals surface area contributed by atoms with Gasteiger partial charge < -0.3 is 9.84 Å². The van der Waals surface area contributed by atoms with E-state index in [1.54, 1.807) is 19.2 Å². The van der Waals surface area contributed by atoms with Crippen molar-refractivity contribution in [2.45, 2.75) is 17.9 Å². The molecule has 1 rings (SSSR count). The van der Waals surface area contributed by atoms with Crippen LogP contribution in [0.5, 0.6) is 0 Å². The van der Waals surface area contributed by atoms with E-state index in [0.717, 1.165) is 0 Å². The third-order valence-corrected chi connectivity index (χ3v) is 5.54. The van der Waals surface area contributed by atoms with E-state index < -0.39 is 10.0 Å². The van der Waals surface area contributed by atoms with Crippen molar-refractivity contribution in [1.29, 1.82) is 0 Å². The molecule has 1 aromatic carbocycles. The summed E-state index contributed by atoms with van der Waals surface area (Å²) in [5, 5.41) is 9.09. The van der Waals surface area contributed by atoms with E-state index in [1.165, 1.54) is 17.4 Å². The fourth-order valence-electron chi connectivity index (χ4n) is 1.56. The molecule has 0 heterocycles. The lowest BCUT2D eigenvalue weighted by Gasteiger charge is -2.18. The molecule has 0 aliphatic heterocycles. The summed E-state index contributed by atoms with van der Waals surface area (Å²) >= 11 is 3.23. The molecule has 0 amide bonds. The lowest BCUT2D eigenvalue weighted by atomic mass is 10.2. The number of aliphatic hydroxyl groups is 1. The summed E-state index contributed by atoms with van der Waals surface area (Å²) < 4.78 is 31.5. The molecule has 7 heteroatoms. The van der Waals surface area contributed by atoms with Gasteiger partial charge in [-0.1, -0.05) is 6.07 Å². The number of halogens is 1. The maximum Gasteiger partial charge on any atom is 0.243 e. The monoisotopic (exact) mass is 351 g/mol. The van der Waals surface area contributed by atoms with E-state index in [9.17, 15) is 8.42 Å². The van der Waals surface area contributed by atoms with Crippen molar-refractivity contribution in [2.24, 2.45) is 0 Å². The predicted octanol–water partition coefficient (Wildman–Crippen LogP) is 1.60. The molecule has 0 unspecified atom stereocenters. The Morgan fingerprint density at radius 1 is 1.42 bits per heavy atom. The standard InChI is InChI=1S/C12H18BrNO4S/c1-14(6-3-7-18-2)19(16,17)12-8-10(9-15)4-5-11(12)13/h4-5,8,15H,3,6-7,9H2,1-2H3. The molecule has 0 fully saturated rings. The second kappa shape index (κ2) is 7.35. The molecule has 0 saturated carbocycles. The highest BCUT2D eigenvalue weighted by Crippen LogP contribution is 2.25. The molecule has 19 heavy (non-hydrogen) atoms. The molecular weight excluding hydrogens is 334 g/mol. The van der Waals surface area contributed by atoms with Gasteiger partial charge in [-0.3, -0.25) is 0 Å². The third kappa shape index (κ3) is 4.25. The van der Waals surface area contributed by atoms with Crippen LogP contribution >= 0.6 is 15.9 Å². The topological polar surface area (TPSA) is 66.8 Å². The Kier molecular flexibility index (Phi) is 6.41. The van der Waals surface area contributed by atoms with Crippen LogP contribution in [-0.4, -0.2) is 45.1 Å². The Morgan fingerprint density at radius 3 is 2.68 bits per heavy atom. The van der Waals surface area contributed by atoms with Crippen LogP contribution in [-0.2, 0) is 21.4 Å². The highest BCUT2D eigenvalue weighted by molar-refractivity contribution is 9.10. The molecule has 1 aromatic rings. The van der Waals surface area contributed by atoms with E-state index in [4.69, 9.17) is 9.84 Å². The van der Waals surface area contributed by atoms with Crippen molar-refractivity contribution < 1.29 is 18.3 Å². The number of hydrogen-bond donors (Lipinski definition) is 1. The molecule has 108 valence electrons. The van der Waals surface area contributed by atoms with Crippen molar-refractivity contribution in [1.82, 2.24) is 4.31 Å². The first-order valence-electron chi connectivity index (χ1n) is 5.78. The van der Waals surface area contributed by atoms with Crippen LogP contribution in [0.4, 0.5) is 0 Å². The number of hydrogen-bond acceptors (Lipinski definition) is 4. The number of sulfonamides is 1. The van der Waals surface area contributed by atoms with Gasteiger partial charge in [0.1, 0.15) is 0 Å². The Balaban J connectivity index is 2.99. The van der Waals surface area contributed by atoms with Gasteiger partial charge in [0.25, 0.3) is 0 Å². The van der Waals surface area contributed by atoms with Gasteiger partial charge in [0.15, 0.2) is 0 Å². The highest BCUT2D eigenvalue weighted by atomic mass is 79.9. The molecule has 0 aliphatic carbocycles. The minimum absolute atomic E-state index is 0.166. The first-order valence-corrected chi connectivity index (χ1v) is 8.01. The van der Waals surface area contributed by atoms with Crippen molar-refractivity contribution in [2.75, 3.05) is 27.3 Å². The molecule has 0 aromatic heterocycles. The summed E-state index contributed by atoms with van der Waals surface area (Å²) in [5.74, 6) is 0. The molecule has 1 N–H and O–H groups in total. The average molecular weight is 352 g/mol. The van der Waals surface area contributed by atoms with E-state index in [1.807, 2.05) is 0 Å². The molecule has 0 aliphatic rings. The van der Waals surface area contributed by atoms with Gasteiger partial charge >= 0.3 is 0 Å². The van der Waals surface area contributed by atoms with Gasteiger partial charge in [0.2, 0.25) is 10.0 Å². The number of benzene rings is 1. The average Bonchev–Trinajstić information content (AvgIpc) is 2.39. The predicted molar refractivity (Wildman–Crippen MR) is 76.4 cm³/mol. The van der Waals surface area contributed by atoms with Crippen molar-refractivity contribution in [3.05, 3.63) is 28.2 Å². The molecular formula is C12H18BrNO4S. The Morgan fingerprint density at radius 2 is 2.11 bits per heavy atom. The van der Waals surface area contributed by atoms with Crippen LogP contribution in [0.15, 0.2) is 27.6 Å². The minimum atomic E-state index is -3.56. The summed E-state index contributed by atoms with van der Waals surface area (Å²) in [7, 11) is -0.453. The van der Waals surface area contributed by atoms with Gasteiger partial charge in [-0.05, 0) is 40.0 Å². The fourth-order valence-corrected chi connectivity index (χ4v) is 3.74. The maximum absolute atomic E-state index is 12.4. The van der Waals surface area contributed by atoms with Crippen LogP contribution in [0.3, 0.4) is 0 Å². The second-order valence-electron chi connectivity index (χ2n) is 4.10. The van der Waals surface area contributed by atoms with Crippen LogP contribution in [0.2, 0.25) is 0 Å². The van der Waals surface area contributed by atoms with E-state index in [2.05, 4.69) is 15.9 Å². The number of ether oxygens (including phenoxy) is 1. The van der Waals surface area contributed by atoms with Gasteiger partial charge in [0.05, 0.1) is 11.5 Å². The second-order valence-corrected chi connectivity index (χ2v) is 6.96. The van der Waals surface area contributed by atoms with Gasteiger partial charge in [-0.15, -0.1) is 0 Å². The zero-order valence-electron chi connectivity index (χ0n) is 11.0. The molecule has 0 radical (unpaired) electrons. The Bertz CT molecular complexity index is 518. The van der Waals surface area contributed by atoms with Crippen LogP contribution < -0.4 is 0 Å². The fraction of sp³-hybridized carbons (Fsp3) is 0.500. The quantitative estimate of drug-likeness (QED) is 0.757. The highest BCUT2D eigenvalue weighted by Gasteiger charge is 2.23. The minimum Gasteiger partial charge on any atom is -0.392 e. The number of aliphatic hydroxyl groups excluding tert-OH is 1. The zero-order chi connectivity index (χ0) is 14.5. The number of nitrogens with zero attached hydrogens (tertiary/aromatic N) is 1. The van der Waals surface area contributed by atoms with Crippen LogP contribution in [0, 0.1) is 0 Å². The normalized spacial score (nSPS) is 12.1. The lowest BCUT2D eigenvalue weighted by molar-refractivity contribution is 0.189. The Hall–Kier alpha value is -0.470. The van der Waals surface area contributed by atoms with E-state index in [-0.39, 0.29) is 11.5 Å². The molecule has 0 saturated heterocycles. The molecule has 5 nitrogen and oxygen atoms in total. The first kappa shape index (κ1) is 16.6. The van der Waals surface area contributed by atoms with E-state index >= 15 is 0 Å². The number of rotatable bonds is 7. The largest absolute Gasteiger partial charge is 0.392 e. The van der Waals surface area contributed by atoms with Gasteiger partial charge in [0, 0.05) is 31.8 Å². The summed E-state index contributed by atoms with van der Waals surface area (Å²) in [6.07, 6.45) is 0.629. The maximum atomic E-state index is 12.4. The Labute approximate surface area is 122 Å². The lowest BCUT2D eigenvalue weighted by Crippen LogP contribution is -2.29.